The summed E-state index contributed by atoms with van der Waals surface area (Å²) in [4.78, 5) is 11.3. The summed E-state index contributed by atoms with van der Waals surface area (Å²) in [6.07, 6.45) is -0.105. The van der Waals surface area contributed by atoms with E-state index < -0.39 is 10.2 Å². The molecule has 0 unspecified atom stereocenters. The molecule has 1 fully saturated rings. The molecule has 2 atom stereocenters. The lowest BCUT2D eigenvalue weighted by molar-refractivity contribution is -0.168. The minimum Gasteiger partial charge on any atom is -0.458 e. The molecule has 0 amide bonds. The fourth-order valence-electron chi connectivity index (χ4n) is 1.38. The van der Waals surface area contributed by atoms with Gasteiger partial charge in [0.15, 0.2) is 2.14 Å². The highest BCUT2D eigenvalue weighted by Gasteiger charge is 2.57. The van der Waals surface area contributed by atoms with Gasteiger partial charge in [-0.15, -0.1) is 0 Å². The Morgan fingerprint density at radius 3 is 1.92 bits per heavy atom. The molecule has 6 heteroatoms. The average Bonchev–Trinajstić information content (AvgIpc) is 1.75. The third-order valence-electron chi connectivity index (χ3n) is 2.06. The Hall–Kier alpha value is 1.13. The molecule has 1 rings (SSSR count). The molecule has 2 nitrogen and oxygen atoms in total. The van der Waals surface area contributed by atoms with Crippen LogP contribution in [0.3, 0.4) is 0 Å². The Bertz CT molecular complexity index is 231. The van der Waals surface area contributed by atoms with Crippen LogP contribution in [0.15, 0.2) is 0 Å². The van der Waals surface area contributed by atoms with Crippen molar-refractivity contribution in [2.45, 2.75) is 33.4 Å². The van der Waals surface area contributed by atoms with Gasteiger partial charge in [0.05, 0.1) is 13.6 Å². The maximum atomic E-state index is 11.3. The van der Waals surface area contributed by atoms with Crippen LogP contribution in [0.2, 0.25) is 25.2 Å². The van der Waals surface area contributed by atoms with Crippen LogP contribution >= 0.6 is 47.8 Å². The second kappa shape index (κ2) is 3.61. The molecule has 1 heterocycles. The lowest BCUT2D eigenvalue weighted by Gasteiger charge is -2.45. The van der Waals surface area contributed by atoms with Crippen molar-refractivity contribution in [1.29, 1.82) is 0 Å². The Morgan fingerprint density at radius 2 is 1.77 bits per heavy atom. The molecular formula is C7H11Br3O2Si. The summed E-state index contributed by atoms with van der Waals surface area (Å²) in [6, 6.07) is 0. The van der Waals surface area contributed by atoms with Crippen molar-refractivity contribution in [2.75, 3.05) is 0 Å². The van der Waals surface area contributed by atoms with Gasteiger partial charge < -0.3 is 4.74 Å². The van der Waals surface area contributed by atoms with E-state index in [-0.39, 0.29) is 17.6 Å². The molecule has 0 N–H and O–H groups in total. The quantitative estimate of drug-likeness (QED) is 0.387. The average molecular weight is 395 g/mol. The standard InChI is InChI=1S/C7H11Br3O2Si/c1-13(2,3)4-5(7(8,9)10)12-6(4)11/h4-5H,1-3H3/t4-,5-/m0/s1. The highest BCUT2D eigenvalue weighted by molar-refractivity contribution is 9.39. The van der Waals surface area contributed by atoms with Gasteiger partial charge in [-0.2, -0.15) is 0 Å². The number of halogens is 3. The van der Waals surface area contributed by atoms with Crippen LogP contribution in [0, 0.1) is 0 Å². The van der Waals surface area contributed by atoms with Crippen molar-refractivity contribution in [2.24, 2.45) is 0 Å². The van der Waals surface area contributed by atoms with Crippen LogP contribution in [-0.4, -0.2) is 22.3 Å². The van der Waals surface area contributed by atoms with E-state index in [9.17, 15) is 4.79 Å². The smallest absolute Gasteiger partial charge is 0.310 e. The van der Waals surface area contributed by atoms with Crippen molar-refractivity contribution in [3.8, 4) is 0 Å². The largest absolute Gasteiger partial charge is 0.458 e. The number of alkyl halides is 3. The van der Waals surface area contributed by atoms with Crippen LogP contribution in [0.1, 0.15) is 0 Å². The first-order chi connectivity index (χ1) is 5.64. The van der Waals surface area contributed by atoms with E-state index in [1.165, 1.54) is 0 Å². The van der Waals surface area contributed by atoms with Gasteiger partial charge in [-0.3, -0.25) is 4.79 Å². The van der Waals surface area contributed by atoms with Crippen molar-refractivity contribution in [3.63, 3.8) is 0 Å². The molecule has 76 valence electrons. The number of cyclic esters (lactones) is 1. The van der Waals surface area contributed by atoms with E-state index in [0.29, 0.717) is 0 Å². The topological polar surface area (TPSA) is 26.3 Å². The summed E-state index contributed by atoms with van der Waals surface area (Å²) in [7, 11) is -1.47. The summed E-state index contributed by atoms with van der Waals surface area (Å²) in [6.45, 7) is 6.51. The fourth-order valence-corrected chi connectivity index (χ4v) is 5.19. The first-order valence-electron chi connectivity index (χ1n) is 3.91. The summed E-state index contributed by atoms with van der Waals surface area (Å²) in [5.41, 5.74) is 0.0608. The molecule has 0 aliphatic carbocycles. The number of rotatable bonds is 1. The Kier molecular flexibility index (Phi) is 3.39. The summed E-state index contributed by atoms with van der Waals surface area (Å²) in [5, 5.41) is 0. The predicted molar refractivity (Wildman–Crippen MR) is 66.5 cm³/mol. The minimum absolute atomic E-state index is 0.0608. The molecule has 0 aromatic heterocycles. The van der Waals surface area contributed by atoms with Crippen LogP contribution in [0.5, 0.6) is 0 Å². The van der Waals surface area contributed by atoms with Gasteiger partial charge in [0.2, 0.25) is 0 Å². The molecule has 0 aromatic rings. The van der Waals surface area contributed by atoms with E-state index in [0.717, 1.165) is 0 Å². The van der Waals surface area contributed by atoms with Crippen LogP contribution in [-0.2, 0) is 9.53 Å². The van der Waals surface area contributed by atoms with Crippen LogP contribution < -0.4 is 0 Å². The van der Waals surface area contributed by atoms with E-state index in [2.05, 4.69) is 67.4 Å². The number of ether oxygens (including phenoxy) is 1. The highest BCUT2D eigenvalue weighted by atomic mass is 80.0. The van der Waals surface area contributed by atoms with Crippen molar-refractivity contribution < 1.29 is 9.53 Å². The molecule has 1 saturated heterocycles. The normalized spacial score (nSPS) is 29.5. The predicted octanol–water partition coefficient (Wildman–Crippen LogP) is 3.46. The first-order valence-corrected chi connectivity index (χ1v) is 9.87. The molecule has 1 aliphatic rings. The lowest BCUT2D eigenvalue weighted by atomic mass is 10.2. The molecule has 0 saturated carbocycles. The number of hydrogen-bond acceptors (Lipinski definition) is 2. The van der Waals surface area contributed by atoms with Gasteiger partial charge >= 0.3 is 5.97 Å². The molecule has 0 spiro atoms. The lowest BCUT2D eigenvalue weighted by Crippen LogP contribution is -2.57. The van der Waals surface area contributed by atoms with Gasteiger partial charge in [0.25, 0.3) is 0 Å². The molecule has 1 aliphatic heterocycles. The van der Waals surface area contributed by atoms with Gasteiger partial charge in [-0.1, -0.05) is 67.4 Å². The Balaban J connectivity index is 2.79. The van der Waals surface area contributed by atoms with Gasteiger partial charge in [-0.25, -0.2) is 0 Å². The zero-order valence-electron chi connectivity index (χ0n) is 7.61. The Labute approximate surface area is 104 Å². The number of carbonyl (C=O) groups excluding carboxylic acids is 1. The molecular weight excluding hydrogens is 384 g/mol. The maximum absolute atomic E-state index is 11.3. The second-order valence-electron chi connectivity index (χ2n) is 4.24. The second-order valence-corrected chi connectivity index (χ2v) is 16.5. The highest BCUT2D eigenvalue weighted by Crippen LogP contribution is 2.51. The monoisotopic (exact) mass is 392 g/mol. The fraction of sp³-hybridized carbons (Fsp3) is 0.857. The molecule has 0 bridgehead atoms. The SMILES string of the molecule is C[Si](C)(C)[C@@H]1C(=O)O[C@@H]1C(Br)(Br)Br. The van der Waals surface area contributed by atoms with Crippen molar-refractivity contribution >= 4 is 61.8 Å². The van der Waals surface area contributed by atoms with E-state index >= 15 is 0 Å². The van der Waals surface area contributed by atoms with Crippen LogP contribution in [0.25, 0.3) is 0 Å². The maximum Gasteiger partial charge on any atom is 0.310 e. The Morgan fingerprint density at radius 1 is 1.31 bits per heavy atom. The van der Waals surface area contributed by atoms with Crippen molar-refractivity contribution in [1.82, 2.24) is 0 Å². The number of carbonyl (C=O) groups is 1. The van der Waals surface area contributed by atoms with Crippen LogP contribution in [0.4, 0.5) is 0 Å². The van der Waals surface area contributed by atoms with E-state index in [1.807, 2.05) is 0 Å². The number of hydrogen-bond donors (Lipinski definition) is 0. The van der Waals surface area contributed by atoms with Gasteiger partial charge in [0, 0.05) is 0 Å². The molecule has 0 aromatic carbocycles. The first kappa shape index (κ1) is 12.2. The van der Waals surface area contributed by atoms with Crippen molar-refractivity contribution in [3.05, 3.63) is 0 Å². The summed E-state index contributed by atoms with van der Waals surface area (Å²) < 4.78 is 4.63. The third kappa shape index (κ3) is 2.57. The van der Waals surface area contributed by atoms with E-state index in [1.54, 1.807) is 0 Å². The number of esters is 1. The summed E-state index contributed by atoms with van der Waals surface area (Å²) in [5.74, 6) is -0.0631. The zero-order valence-corrected chi connectivity index (χ0v) is 13.4. The van der Waals surface area contributed by atoms with Gasteiger partial charge in [-0.05, 0) is 0 Å². The minimum atomic E-state index is -1.47. The molecule has 0 radical (unpaired) electrons. The van der Waals surface area contributed by atoms with E-state index in [4.69, 9.17) is 4.74 Å². The zero-order chi connectivity index (χ0) is 10.4. The van der Waals surface area contributed by atoms with Gasteiger partial charge in [0.1, 0.15) is 6.10 Å². The molecule has 13 heavy (non-hydrogen) atoms. The summed E-state index contributed by atoms with van der Waals surface area (Å²) >= 11 is 10.2. The third-order valence-corrected chi connectivity index (χ3v) is 5.81.